The maximum Gasteiger partial charge on any atom is 0.253 e. The van der Waals surface area contributed by atoms with E-state index in [2.05, 4.69) is 43.6 Å². The van der Waals surface area contributed by atoms with Crippen molar-refractivity contribution in [1.29, 1.82) is 0 Å². The van der Waals surface area contributed by atoms with Crippen LogP contribution in [0.25, 0.3) is 10.9 Å². The summed E-state index contributed by atoms with van der Waals surface area (Å²) < 4.78 is 7.90. The predicted octanol–water partition coefficient (Wildman–Crippen LogP) is 3.91. The van der Waals surface area contributed by atoms with Crippen LogP contribution < -0.4 is 5.32 Å². The second-order valence-electron chi connectivity index (χ2n) is 7.33. The third-order valence-electron chi connectivity index (χ3n) is 4.57. The van der Waals surface area contributed by atoms with Gasteiger partial charge in [-0.2, -0.15) is 0 Å². The fraction of sp³-hybridized carbons (Fsp3) is 0.526. The molecule has 1 aliphatic heterocycles. The molecular weight excluding hydrogens is 288 g/mol. The lowest BCUT2D eigenvalue weighted by atomic mass is 9.94. The molecule has 4 nitrogen and oxygen atoms in total. The molecule has 23 heavy (non-hydrogen) atoms. The van der Waals surface area contributed by atoms with Crippen molar-refractivity contribution in [3.8, 4) is 0 Å². The van der Waals surface area contributed by atoms with E-state index in [1.54, 1.807) is 0 Å². The lowest BCUT2D eigenvalue weighted by molar-refractivity contribution is -0.0615. The van der Waals surface area contributed by atoms with Crippen LogP contribution in [0.4, 0.5) is 0 Å². The number of aromatic nitrogens is 1. The van der Waals surface area contributed by atoms with E-state index in [0.29, 0.717) is 12.6 Å². The molecule has 1 unspecified atom stereocenters. The molecule has 3 rings (SSSR count). The Morgan fingerprint density at radius 2 is 2.09 bits per heavy atom. The minimum atomic E-state index is -0.165. The summed E-state index contributed by atoms with van der Waals surface area (Å²) in [5, 5.41) is 4.22. The number of carbonyl (C=O) groups excluding carboxylic acids is 1. The standard InChI is InChI=1S/C19H26N2O2/c1-13(2)21-12-16(15-7-5-6-8-17(15)21)18(22)20-14-9-10-23-19(3,4)11-14/h5-8,12-14H,9-11H2,1-4H3,(H,20,22). The summed E-state index contributed by atoms with van der Waals surface area (Å²) in [6.07, 6.45) is 3.70. The number of hydrogen-bond donors (Lipinski definition) is 1. The molecule has 1 N–H and O–H groups in total. The zero-order chi connectivity index (χ0) is 16.6. The number of ether oxygens (including phenoxy) is 1. The van der Waals surface area contributed by atoms with Crippen molar-refractivity contribution in [2.24, 2.45) is 0 Å². The number of benzene rings is 1. The number of rotatable bonds is 3. The van der Waals surface area contributed by atoms with E-state index < -0.39 is 0 Å². The molecule has 1 aromatic carbocycles. The number of para-hydroxylation sites is 1. The van der Waals surface area contributed by atoms with Crippen LogP contribution in [0.5, 0.6) is 0 Å². The first-order valence-corrected chi connectivity index (χ1v) is 8.42. The van der Waals surface area contributed by atoms with Gasteiger partial charge in [0.1, 0.15) is 0 Å². The maximum atomic E-state index is 12.8. The minimum Gasteiger partial charge on any atom is -0.375 e. The summed E-state index contributed by atoms with van der Waals surface area (Å²) in [5.74, 6) is 0.0169. The van der Waals surface area contributed by atoms with Gasteiger partial charge in [-0.1, -0.05) is 18.2 Å². The Hall–Kier alpha value is -1.81. The van der Waals surface area contributed by atoms with Gasteiger partial charge in [0.05, 0.1) is 11.2 Å². The number of nitrogens with zero attached hydrogens (tertiary/aromatic N) is 1. The lowest BCUT2D eigenvalue weighted by Crippen LogP contribution is -2.45. The summed E-state index contributed by atoms with van der Waals surface area (Å²) >= 11 is 0. The average molecular weight is 314 g/mol. The number of amides is 1. The van der Waals surface area contributed by atoms with E-state index in [0.717, 1.165) is 29.3 Å². The molecule has 1 aliphatic rings. The first-order chi connectivity index (χ1) is 10.9. The molecule has 0 aliphatic carbocycles. The van der Waals surface area contributed by atoms with Crippen molar-refractivity contribution in [2.75, 3.05) is 6.61 Å². The van der Waals surface area contributed by atoms with Crippen LogP contribution in [0.3, 0.4) is 0 Å². The molecule has 0 bridgehead atoms. The van der Waals surface area contributed by atoms with E-state index in [-0.39, 0.29) is 17.6 Å². The van der Waals surface area contributed by atoms with Crippen LogP contribution >= 0.6 is 0 Å². The Balaban J connectivity index is 1.87. The van der Waals surface area contributed by atoms with Crippen molar-refractivity contribution in [2.45, 2.75) is 58.2 Å². The fourth-order valence-electron chi connectivity index (χ4n) is 3.43. The van der Waals surface area contributed by atoms with E-state index in [4.69, 9.17) is 4.74 Å². The van der Waals surface area contributed by atoms with Crippen molar-refractivity contribution in [1.82, 2.24) is 9.88 Å². The van der Waals surface area contributed by atoms with Gasteiger partial charge in [0.25, 0.3) is 5.91 Å². The van der Waals surface area contributed by atoms with E-state index in [1.165, 1.54) is 0 Å². The van der Waals surface area contributed by atoms with Crippen LogP contribution in [0.1, 0.15) is 56.9 Å². The van der Waals surface area contributed by atoms with Crippen LogP contribution in [0.15, 0.2) is 30.5 Å². The first kappa shape index (κ1) is 16.1. The molecule has 1 fully saturated rings. The van der Waals surface area contributed by atoms with Crippen LogP contribution in [0.2, 0.25) is 0 Å². The highest BCUT2D eigenvalue weighted by Gasteiger charge is 2.30. The second-order valence-corrected chi connectivity index (χ2v) is 7.33. The van der Waals surface area contributed by atoms with Crippen molar-refractivity contribution in [3.63, 3.8) is 0 Å². The van der Waals surface area contributed by atoms with Gasteiger partial charge in [-0.05, 0) is 46.6 Å². The fourth-order valence-corrected chi connectivity index (χ4v) is 3.43. The van der Waals surface area contributed by atoms with E-state index in [9.17, 15) is 4.79 Å². The average Bonchev–Trinajstić information content (AvgIpc) is 2.86. The van der Waals surface area contributed by atoms with Crippen molar-refractivity contribution in [3.05, 3.63) is 36.0 Å². The van der Waals surface area contributed by atoms with E-state index >= 15 is 0 Å². The molecule has 0 spiro atoms. The van der Waals surface area contributed by atoms with Crippen molar-refractivity contribution < 1.29 is 9.53 Å². The maximum absolute atomic E-state index is 12.8. The Morgan fingerprint density at radius 3 is 2.78 bits per heavy atom. The topological polar surface area (TPSA) is 43.3 Å². The first-order valence-electron chi connectivity index (χ1n) is 8.42. The number of hydrogen-bond acceptors (Lipinski definition) is 2. The molecule has 1 saturated heterocycles. The van der Waals surface area contributed by atoms with Gasteiger partial charge >= 0.3 is 0 Å². The Morgan fingerprint density at radius 1 is 1.35 bits per heavy atom. The smallest absolute Gasteiger partial charge is 0.253 e. The van der Waals surface area contributed by atoms with Crippen molar-refractivity contribution >= 4 is 16.8 Å². The number of fused-ring (bicyclic) bond motifs is 1. The third kappa shape index (κ3) is 3.27. The molecule has 2 aromatic rings. The highest BCUT2D eigenvalue weighted by Crippen LogP contribution is 2.27. The molecule has 1 atom stereocenters. The molecule has 124 valence electrons. The van der Waals surface area contributed by atoms with Gasteiger partial charge in [0.15, 0.2) is 0 Å². The van der Waals surface area contributed by atoms with Crippen LogP contribution in [0, 0.1) is 0 Å². The Bertz CT molecular complexity index is 715. The molecule has 0 radical (unpaired) electrons. The zero-order valence-electron chi connectivity index (χ0n) is 14.4. The summed E-state index contributed by atoms with van der Waals surface area (Å²) in [5.41, 5.74) is 1.71. The highest BCUT2D eigenvalue weighted by molar-refractivity contribution is 6.07. The van der Waals surface area contributed by atoms with Gasteiger partial charge in [0.2, 0.25) is 0 Å². The SMILES string of the molecule is CC(C)n1cc(C(=O)NC2CCOC(C)(C)C2)c2ccccc21. The zero-order valence-corrected chi connectivity index (χ0v) is 14.4. The normalized spacial score (nSPS) is 20.8. The van der Waals surface area contributed by atoms with E-state index in [1.807, 2.05) is 24.4 Å². The summed E-state index contributed by atoms with van der Waals surface area (Å²) in [6, 6.07) is 8.60. The van der Waals surface area contributed by atoms with Gasteiger partial charge in [-0.15, -0.1) is 0 Å². The predicted molar refractivity (Wildman–Crippen MR) is 92.8 cm³/mol. The number of nitrogens with one attached hydrogen (secondary N) is 1. The minimum absolute atomic E-state index is 0.0169. The van der Waals surface area contributed by atoms with Gasteiger partial charge in [-0.3, -0.25) is 4.79 Å². The monoisotopic (exact) mass is 314 g/mol. The molecule has 4 heteroatoms. The summed E-state index contributed by atoms with van der Waals surface area (Å²) in [7, 11) is 0. The summed E-state index contributed by atoms with van der Waals surface area (Å²) in [6.45, 7) is 9.13. The molecule has 1 aromatic heterocycles. The molecule has 0 saturated carbocycles. The van der Waals surface area contributed by atoms with Gasteiger partial charge in [-0.25, -0.2) is 0 Å². The Kier molecular flexibility index (Phi) is 4.19. The third-order valence-corrected chi connectivity index (χ3v) is 4.57. The molecule has 2 heterocycles. The lowest BCUT2D eigenvalue weighted by Gasteiger charge is -2.35. The van der Waals surface area contributed by atoms with Crippen LogP contribution in [-0.4, -0.2) is 28.7 Å². The van der Waals surface area contributed by atoms with Gasteiger partial charge < -0.3 is 14.6 Å². The number of carbonyl (C=O) groups is 1. The molecular formula is C19H26N2O2. The molecule has 1 amide bonds. The quantitative estimate of drug-likeness (QED) is 0.933. The Labute approximate surface area is 137 Å². The highest BCUT2D eigenvalue weighted by atomic mass is 16.5. The second kappa shape index (κ2) is 6.00. The summed E-state index contributed by atoms with van der Waals surface area (Å²) in [4.78, 5) is 12.8. The van der Waals surface area contributed by atoms with Crippen LogP contribution in [-0.2, 0) is 4.74 Å². The largest absolute Gasteiger partial charge is 0.375 e. The van der Waals surface area contributed by atoms with Gasteiger partial charge in [0, 0.05) is 35.8 Å².